The van der Waals surface area contributed by atoms with Crippen LogP contribution >= 0.6 is 0 Å². The van der Waals surface area contributed by atoms with Crippen molar-refractivity contribution in [3.05, 3.63) is 24.3 Å². The predicted octanol–water partition coefficient (Wildman–Crippen LogP) is -0.262. The fraction of sp³-hybridized carbons (Fsp3) is 0.600. The summed E-state index contributed by atoms with van der Waals surface area (Å²) in [7, 11) is -7.27. The monoisotopic (exact) mass is 389 g/mol. The average Bonchev–Trinajstić information content (AvgIpc) is 3.15. The number of hydrogen-bond donors (Lipinski definition) is 2. The first-order valence-corrected chi connectivity index (χ1v) is 11.2. The number of sulfonamides is 2. The van der Waals surface area contributed by atoms with Crippen LogP contribution in [0.3, 0.4) is 0 Å². The van der Waals surface area contributed by atoms with E-state index in [0.29, 0.717) is 32.8 Å². The fourth-order valence-electron chi connectivity index (χ4n) is 2.95. The Hall–Kier alpha value is -1.04. The lowest BCUT2D eigenvalue weighted by Crippen LogP contribution is -2.40. The molecular weight excluding hydrogens is 366 g/mol. The molecule has 2 fully saturated rings. The summed E-state index contributed by atoms with van der Waals surface area (Å²) in [4.78, 5) is 0.150. The van der Waals surface area contributed by atoms with E-state index in [1.54, 1.807) is 0 Å². The Morgan fingerprint density at radius 1 is 1.08 bits per heavy atom. The summed E-state index contributed by atoms with van der Waals surface area (Å²) < 4.78 is 58.9. The molecule has 2 aliphatic rings. The highest BCUT2D eigenvalue weighted by atomic mass is 32.2. The average molecular weight is 389 g/mol. The van der Waals surface area contributed by atoms with E-state index in [2.05, 4.69) is 10.0 Å². The van der Waals surface area contributed by atoms with E-state index in [9.17, 15) is 16.8 Å². The van der Waals surface area contributed by atoms with Crippen LogP contribution in [0.5, 0.6) is 0 Å². The molecule has 140 valence electrons. The Balaban J connectivity index is 1.70. The summed E-state index contributed by atoms with van der Waals surface area (Å²) in [6, 6.07) is 5.49. The Morgan fingerprint density at radius 2 is 1.72 bits per heavy atom. The fourth-order valence-corrected chi connectivity index (χ4v) is 5.44. The van der Waals surface area contributed by atoms with Crippen LogP contribution in [0.1, 0.15) is 12.8 Å². The molecule has 1 unspecified atom stereocenters. The van der Waals surface area contributed by atoms with Crippen LogP contribution in [0, 0.1) is 0 Å². The van der Waals surface area contributed by atoms with Gasteiger partial charge in [-0.3, -0.25) is 0 Å². The number of ether oxygens (including phenoxy) is 1. The highest BCUT2D eigenvalue weighted by molar-refractivity contribution is 7.89. The second-order valence-corrected chi connectivity index (χ2v) is 9.84. The van der Waals surface area contributed by atoms with E-state index in [4.69, 9.17) is 4.74 Å². The molecule has 0 bridgehead atoms. The Bertz CT molecular complexity index is 781. The summed E-state index contributed by atoms with van der Waals surface area (Å²) >= 11 is 0. The summed E-state index contributed by atoms with van der Waals surface area (Å²) in [5, 5.41) is 3.22. The molecule has 0 amide bonds. The first kappa shape index (κ1) is 18.7. The minimum absolute atomic E-state index is 0.0615. The van der Waals surface area contributed by atoms with Gasteiger partial charge in [-0.15, -0.1) is 0 Å². The van der Waals surface area contributed by atoms with Gasteiger partial charge in [0.2, 0.25) is 20.0 Å². The maximum atomic E-state index is 12.5. The number of benzene rings is 1. The van der Waals surface area contributed by atoms with Gasteiger partial charge in [0.25, 0.3) is 0 Å². The van der Waals surface area contributed by atoms with Gasteiger partial charge in [0, 0.05) is 25.7 Å². The van der Waals surface area contributed by atoms with Crippen molar-refractivity contribution in [1.82, 2.24) is 14.3 Å². The molecular formula is C15H23N3O5S2. The van der Waals surface area contributed by atoms with E-state index < -0.39 is 20.0 Å². The van der Waals surface area contributed by atoms with Crippen molar-refractivity contribution in [3.63, 3.8) is 0 Å². The van der Waals surface area contributed by atoms with Gasteiger partial charge in [0.1, 0.15) is 0 Å². The number of morpholine rings is 1. The third-order valence-corrected chi connectivity index (χ3v) is 7.78. The van der Waals surface area contributed by atoms with Crippen molar-refractivity contribution in [2.75, 3.05) is 39.4 Å². The van der Waals surface area contributed by atoms with Crippen LogP contribution in [0.15, 0.2) is 34.1 Å². The van der Waals surface area contributed by atoms with Crippen LogP contribution in [0.2, 0.25) is 0 Å². The maximum Gasteiger partial charge on any atom is 0.243 e. The molecule has 1 atom stereocenters. The van der Waals surface area contributed by atoms with Gasteiger partial charge in [0.05, 0.1) is 23.0 Å². The largest absolute Gasteiger partial charge is 0.379 e. The Kier molecular flexibility index (Phi) is 5.76. The van der Waals surface area contributed by atoms with E-state index in [1.165, 1.54) is 28.6 Å². The van der Waals surface area contributed by atoms with Crippen molar-refractivity contribution < 1.29 is 21.6 Å². The normalized spacial score (nSPS) is 23.0. The second kappa shape index (κ2) is 7.68. The SMILES string of the molecule is O=S(=O)(NCC1CCCN1)c1ccc(S(=O)(=O)N2CCOCC2)cc1. The molecule has 1 aromatic carbocycles. The molecule has 0 aliphatic carbocycles. The summed E-state index contributed by atoms with van der Waals surface area (Å²) in [5.41, 5.74) is 0. The Labute approximate surface area is 148 Å². The third kappa shape index (κ3) is 4.39. The smallest absolute Gasteiger partial charge is 0.243 e. The highest BCUT2D eigenvalue weighted by Crippen LogP contribution is 2.19. The van der Waals surface area contributed by atoms with Crippen molar-refractivity contribution in [1.29, 1.82) is 0 Å². The van der Waals surface area contributed by atoms with Crippen molar-refractivity contribution in [2.45, 2.75) is 28.7 Å². The van der Waals surface area contributed by atoms with E-state index in [0.717, 1.165) is 19.4 Å². The van der Waals surface area contributed by atoms with Crippen molar-refractivity contribution >= 4 is 20.0 Å². The van der Waals surface area contributed by atoms with E-state index in [-0.39, 0.29) is 15.8 Å². The number of nitrogens with one attached hydrogen (secondary N) is 2. The molecule has 1 aromatic rings. The standard InChI is InChI=1S/C15H23N3O5S2/c19-24(20,17-12-13-2-1-7-16-13)14-3-5-15(6-4-14)25(21,22)18-8-10-23-11-9-18/h3-6,13,16-17H,1-2,7-12H2. The van der Waals surface area contributed by atoms with E-state index >= 15 is 0 Å². The molecule has 2 aliphatic heterocycles. The van der Waals surface area contributed by atoms with Gasteiger partial charge in [0.15, 0.2) is 0 Å². The van der Waals surface area contributed by atoms with Gasteiger partial charge < -0.3 is 10.1 Å². The first-order chi connectivity index (χ1) is 11.9. The van der Waals surface area contributed by atoms with Gasteiger partial charge in [-0.1, -0.05) is 0 Å². The lowest BCUT2D eigenvalue weighted by molar-refractivity contribution is 0.0730. The molecule has 8 nitrogen and oxygen atoms in total. The van der Waals surface area contributed by atoms with Crippen LogP contribution in [0.4, 0.5) is 0 Å². The molecule has 0 aromatic heterocycles. The lowest BCUT2D eigenvalue weighted by Gasteiger charge is -2.26. The van der Waals surface area contributed by atoms with Crippen molar-refractivity contribution in [3.8, 4) is 0 Å². The number of nitrogens with zero attached hydrogens (tertiary/aromatic N) is 1. The topological polar surface area (TPSA) is 105 Å². The molecule has 0 saturated carbocycles. The molecule has 2 saturated heterocycles. The van der Waals surface area contributed by atoms with Crippen LogP contribution in [0.25, 0.3) is 0 Å². The van der Waals surface area contributed by atoms with Gasteiger partial charge in [-0.05, 0) is 43.7 Å². The Morgan fingerprint density at radius 3 is 2.32 bits per heavy atom. The molecule has 2 heterocycles. The zero-order valence-corrected chi connectivity index (χ0v) is 15.5. The number of rotatable bonds is 6. The molecule has 0 radical (unpaired) electrons. The lowest BCUT2D eigenvalue weighted by atomic mass is 10.2. The van der Waals surface area contributed by atoms with Gasteiger partial charge in [-0.25, -0.2) is 21.6 Å². The van der Waals surface area contributed by atoms with Gasteiger partial charge >= 0.3 is 0 Å². The number of hydrogen-bond acceptors (Lipinski definition) is 6. The minimum Gasteiger partial charge on any atom is -0.379 e. The highest BCUT2D eigenvalue weighted by Gasteiger charge is 2.27. The zero-order valence-electron chi connectivity index (χ0n) is 13.8. The molecule has 25 heavy (non-hydrogen) atoms. The van der Waals surface area contributed by atoms with Crippen LogP contribution in [-0.2, 0) is 24.8 Å². The maximum absolute atomic E-state index is 12.5. The summed E-state index contributed by atoms with van der Waals surface area (Å²) in [5.74, 6) is 0. The van der Waals surface area contributed by atoms with Crippen molar-refractivity contribution in [2.24, 2.45) is 0 Å². The predicted molar refractivity (Wildman–Crippen MR) is 92.2 cm³/mol. The molecule has 3 rings (SSSR count). The summed E-state index contributed by atoms with van der Waals surface area (Å²) in [6.45, 7) is 2.57. The van der Waals surface area contributed by atoms with Crippen LogP contribution in [-0.4, -0.2) is 66.6 Å². The molecule has 2 N–H and O–H groups in total. The molecule has 10 heteroatoms. The zero-order chi connectivity index (χ0) is 17.9. The second-order valence-electron chi connectivity index (χ2n) is 6.13. The third-order valence-electron chi connectivity index (χ3n) is 4.42. The van der Waals surface area contributed by atoms with E-state index in [1.807, 2.05) is 0 Å². The minimum atomic E-state index is -3.65. The van der Waals surface area contributed by atoms with Crippen LogP contribution < -0.4 is 10.0 Å². The van der Waals surface area contributed by atoms with Gasteiger partial charge in [-0.2, -0.15) is 4.31 Å². The summed E-state index contributed by atoms with van der Waals surface area (Å²) in [6.07, 6.45) is 1.99. The quantitative estimate of drug-likeness (QED) is 0.694. The molecule has 0 spiro atoms. The first-order valence-electron chi connectivity index (χ1n) is 8.31.